The van der Waals surface area contributed by atoms with Crippen LogP contribution in [0.5, 0.6) is 17.2 Å². The van der Waals surface area contributed by atoms with Gasteiger partial charge in [-0.25, -0.2) is 0 Å². The highest BCUT2D eigenvalue weighted by Gasteiger charge is 2.12. The molecule has 0 fully saturated rings. The van der Waals surface area contributed by atoms with Gasteiger partial charge in [-0.2, -0.15) is 0 Å². The maximum atomic E-state index is 12.6. The SMILES string of the molecule is CC(C)CN(CCc1ccc(O)cc1)C(=O)/C=C/c1ccc(O)c(O)c1. The number of nitrogens with zero attached hydrogens (tertiary/aromatic N) is 1. The third-order valence-corrected chi connectivity index (χ3v) is 3.92. The summed E-state index contributed by atoms with van der Waals surface area (Å²) in [7, 11) is 0. The van der Waals surface area contributed by atoms with Crippen LogP contribution in [0.4, 0.5) is 0 Å². The highest BCUT2D eigenvalue weighted by Crippen LogP contribution is 2.25. The molecular formula is C21H25NO4. The van der Waals surface area contributed by atoms with E-state index in [1.807, 2.05) is 12.1 Å². The predicted octanol–water partition coefficient (Wildman–Crippen LogP) is 3.54. The van der Waals surface area contributed by atoms with Gasteiger partial charge in [-0.3, -0.25) is 4.79 Å². The Morgan fingerprint density at radius 3 is 2.35 bits per heavy atom. The van der Waals surface area contributed by atoms with E-state index < -0.39 is 0 Å². The summed E-state index contributed by atoms with van der Waals surface area (Å²) in [6.45, 7) is 5.33. The molecular weight excluding hydrogens is 330 g/mol. The van der Waals surface area contributed by atoms with Crippen LogP contribution in [0.1, 0.15) is 25.0 Å². The van der Waals surface area contributed by atoms with E-state index in [1.165, 1.54) is 18.2 Å². The lowest BCUT2D eigenvalue weighted by molar-refractivity contribution is -0.126. The molecule has 2 aromatic rings. The second kappa shape index (κ2) is 8.94. The minimum Gasteiger partial charge on any atom is -0.508 e. The molecule has 5 heteroatoms. The first kappa shape index (κ1) is 19.4. The molecule has 5 nitrogen and oxygen atoms in total. The Morgan fingerprint density at radius 2 is 1.73 bits per heavy atom. The summed E-state index contributed by atoms with van der Waals surface area (Å²) in [4.78, 5) is 14.4. The quantitative estimate of drug-likeness (QED) is 0.524. The van der Waals surface area contributed by atoms with Crippen molar-refractivity contribution in [1.29, 1.82) is 0 Å². The average molecular weight is 355 g/mol. The van der Waals surface area contributed by atoms with Crippen LogP contribution in [-0.2, 0) is 11.2 Å². The first-order valence-corrected chi connectivity index (χ1v) is 8.62. The number of hydrogen-bond acceptors (Lipinski definition) is 4. The molecule has 0 spiro atoms. The Kier molecular flexibility index (Phi) is 6.67. The Bertz CT molecular complexity index is 766. The van der Waals surface area contributed by atoms with Crippen LogP contribution in [-0.4, -0.2) is 39.2 Å². The fourth-order valence-electron chi connectivity index (χ4n) is 2.58. The van der Waals surface area contributed by atoms with Crippen molar-refractivity contribution in [2.75, 3.05) is 13.1 Å². The third-order valence-electron chi connectivity index (χ3n) is 3.92. The lowest BCUT2D eigenvalue weighted by Gasteiger charge is -2.23. The zero-order valence-corrected chi connectivity index (χ0v) is 15.1. The van der Waals surface area contributed by atoms with Gasteiger partial charge in [0.25, 0.3) is 0 Å². The summed E-state index contributed by atoms with van der Waals surface area (Å²) in [5.41, 5.74) is 1.69. The molecule has 0 saturated heterocycles. The molecule has 2 aromatic carbocycles. The highest BCUT2D eigenvalue weighted by molar-refractivity contribution is 5.91. The van der Waals surface area contributed by atoms with E-state index in [-0.39, 0.29) is 23.2 Å². The van der Waals surface area contributed by atoms with Crippen LogP contribution in [0.3, 0.4) is 0 Å². The molecule has 0 bridgehead atoms. The number of carbonyl (C=O) groups is 1. The maximum Gasteiger partial charge on any atom is 0.246 e. The summed E-state index contributed by atoms with van der Waals surface area (Å²) in [5.74, 6) is 0.0497. The minimum absolute atomic E-state index is 0.106. The van der Waals surface area contributed by atoms with Crippen LogP contribution >= 0.6 is 0 Å². The van der Waals surface area contributed by atoms with Crippen molar-refractivity contribution in [2.24, 2.45) is 5.92 Å². The molecule has 3 N–H and O–H groups in total. The summed E-state index contributed by atoms with van der Waals surface area (Å²) in [5, 5.41) is 28.2. The van der Waals surface area contributed by atoms with Crippen molar-refractivity contribution in [3.05, 3.63) is 59.7 Å². The lowest BCUT2D eigenvalue weighted by atomic mass is 10.1. The Labute approximate surface area is 153 Å². The van der Waals surface area contributed by atoms with E-state index in [0.29, 0.717) is 31.0 Å². The van der Waals surface area contributed by atoms with Gasteiger partial charge in [-0.05, 0) is 53.8 Å². The third kappa shape index (κ3) is 5.84. The first-order valence-electron chi connectivity index (χ1n) is 8.62. The van der Waals surface area contributed by atoms with E-state index >= 15 is 0 Å². The van der Waals surface area contributed by atoms with Gasteiger partial charge in [0.1, 0.15) is 5.75 Å². The van der Waals surface area contributed by atoms with Gasteiger partial charge in [0.2, 0.25) is 5.91 Å². The number of phenolic OH excluding ortho intramolecular Hbond substituents is 3. The molecule has 0 aromatic heterocycles. The maximum absolute atomic E-state index is 12.6. The van der Waals surface area contributed by atoms with Crippen LogP contribution in [0.2, 0.25) is 0 Å². The van der Waals surface area contributed by atoms with Gasteiger partial charge in [-0.1, -0.05) is 32.0 Å². The van der Waals surface area contributed by atoms with Crippen molar-refractivity contribution in [2.45, 2.75) is 20.3 Å². The van der Waals surface area contributed by atoms with E-state index in [0.717, 1.165) is 5.56 Å². The number of carbonyl (C=O) groups excluding carboxylic acids is 1. The van der Waals surface area contributed by atoms with Gasteiger partial charge in [0.15, 0.2) is 11.5 Å². The van der Waals surface area contributed by atoms with Crippen LogP contribution in [0, 0.1) is 5.92 Å². The molecule has 0 aliphatic carbocycles. The molecule has 0 unspecified atom stereocenters. The lowest BCUT2D eigenvalue weighted by Crippen LogP contribution is -2.34. The summed E-state index contributed by atoms with van der Waals surface area (Å²) in [6.07, 6.45) is 3.80. The van der Waals surface area contributed by atoms with Crippen molar-refractivity contribution in [1.82, 2.24) is 4.90 Å². The smallest absolute Gasteiger partial charge is 0.246 e. The molecule has 0 aliphatic heterocycles. The fourth-order valence-corrected chi connectivity index (χ4v) is 2.58. The molecule has 1 amide bonds. The van der Waals surface area contributed by atoms with E-state index in [2.05, 4.69) is 13.8 Å². The molecule has 0 saturated carbocycles. The Hall–Kier alpha value is -2.95. The van der Waals surface area contributed by atoms with Crippen molar-refractivity contribution < 1.29 is 20.1 Å². The zero-order chi connectivity index (χ0) is 19.1. The molecule has 138 valence electrons. The minimum atomic E-state index is -0.217. The van der Waals surface area contributed by atoms with E-state index in [4.69, 9.17) is 0 Å². The number of amides is 1. The number of hydrogen-bond donors (Lipinski definition) is 3. The first-order chi connectivity index (χ1) is 12.3. The van der Waals surface area contributed by atoms with E-state index in [9.17, 15) is 20.1 Å². The van der Waals surface area contributed by atoms with Crippen molar-refractivity contribution in [3.8, 4) is 17.2 Å². The van der Waals surface area contributed by atoms with Gasteiger partial charge in [-0.15, -0.1) is 0 Å². The fraction of sp³-hybridized carbons (Fsp3) is 0.286. The zero-order valence-electron chi connectivity index (χ0n) is 15.1. The van der Waals surface area contributed by atoms with Crippen molar-refractivity contribution in [3.63, 3.8) is 0 Å². The predicted molar refractivity (Wildman–Crippen MR) is 102 cm³/mol. The second-order valence-electron chi connectivity index (χ2n) is 6.68. The summed E-state index contributed by atoms with van der Waals surface area (Å²) < 4.78 is 0. The normalized spacial score (nSPS) is 11.2. The molecule has 2 rings (SSSR count). The topological polar surface area (TPSA) is 81.0 Å². The van der Waals surface area contributed by atoms with E-state index in [1.54, 1.807) is 29.2 Å². The monoisotopic (exact) mass is 355 g/mol. The largest absolute Gasteiger partial charge is 0.508 e. The highest BCUT2D eigenvalue weighted by atomic mass is 16.3. The molecule has 0 radical (unpaired) electrons. The number of rotatable bonds is 7. The number of benzene rings is 2. The standard InChI is InChI=1S/C21H25NO4/c1-15(2)14-22(12-11-16-3-7-18(23)8-4-16)21(26)10-6-17-5-9-19(24)20(25)13-17/h3-10,13,15,23-25H,11-12,14H2,1-2H3/b10-6+. The molecule has 0 heterocycles. The molecule has 26 heavy (non-hydrogen) atoms. The average Bonchev–Trinajstić information content (AvgIpc) is 2.60. The number of aromatic hydroxyl groups is 3. The summed E-state index contributed by atoms with van der Waals surface area (Å²) >= 11 is 0. The molecule has 0 atom stereocenters. The van der Waals surface area contributed by atoms with Gasteiger partial charge < -0.3 is 20.2 Å². The number of phenols is 3. The van der Waals surface area contributed by atoms with Crippen LogP contribution in [0.15, 0.2) is 48.5 Å². The van der Waals surface area contributed by atoms with Gasteiger partial charge in [0.05, 0.1) is 0 Å². The Morgan fingerprint density at radius 1 is 1.04 bits per heavy atom. The second-order valence-corrected chi connectivity index (χ2v) is 6.68. The van der Waals surface area contributed by atoms with Gasteiger partial charge in [0, 0.05) is 19.2 Å². The van der Waals surface area contributed by atoms with Crippen LogP contribution < -0.4 is 0 Å². The summed E-state index contributed by atoms with van der Waals surface area (Å²) in [6, 6.07) is 11.4. The van der Waals surface area contributed by atoms with Crippen LogP contribution in [0.25, 0.3) is 6.08 Å². The Balaban J connectivity index is 2.04. The van der Waals surface area contributed by atoms with Crippen molar-refractivity contribution >= 4 is 12.0 Å². The molecule has 0 aliphatic rings. The van der Waals surface area contributed by atoms with Gasteiger partial charge >= 0.3 is 0 Å².